The van der Waals surface area contributed by atoms with E-state index in [2.05, 4.69) is 5.32 Å². The van der Waals surface area contributed by atoms with Crippen LogP contribution in [0.15, 0.2) is 24.3 Å². The molecule has 0 aliphatic carbocycles. The van der Waals surface area contributed by atoms with Gasteiger partial charge in [-0.3, -0.25) is 9.59 Å². The van der Waals surface area contributed by atoms with Gasteiger partial charge in [0.15, 0.2) is 0 Å². The summed E-state index contributed by atoms with van der Waals surface area (Å²) in [6.45, 7) is 5.73. The molecule has 0 aliphatic rings. The van der Waals surface area contributed by atoms with Crippen molar-refractivity contribution in [2.75, 3.05) is 11.9 Å². The van der Waals surface area contributed by atoms with E-state index in [1.165, 1.54) is 13.8 Å². The molecule has 20 heavy (non-hydrogen) atoms. The van der Waals surface area contributed by atoms with Crippen LogP contribution in [0.1, 0.15) is 33.6 Å². The van der Waals surface area contributed by atoms with E-state index in [-0.39, 0.29) is 12.3 Å². The molecule has 1 aromatic carbocycles. The molecule has 0 fully saturated rings. The summed E-state index contributed by atoms with van der Waals surface area (Å²) in [6.07, 6.45) is 0.860. The van der Waals surface area contributed by atoms with Crippen LogP contribution < -0.4 is 10.1 Å². The second kappa shape index (κ2) is 6.93. The highest BCUT2D eigenvalue weighted by Crippen LogP contribution is 2.22. The maximum absolute atomic E-state index is 11.8. The highest BCUT2D eigenvalue weighted by molar-refractivity contribution is 5.94. The van der Waals surface area contributed by atoms with Crippen molar-refractivity contribution in [3.63, 3.8) is 0 Å². The molecule has 5 heteroatoms. The molecule has 0 spiro atoms. The molecule has 5 nitrogen and oxygen atoms in total. The van der Waals surface area contributed by atoms with Gasteiger partial charge in [0.1, 0.15) is 5.75 Å². The minimum absolute atomic E-state index is 0.0730. The smallest absolute Gasteiger partial charge is 0.309 e. The van der Waals surface area contributed by atoms with Gasteiger partial charge in [0.05, 0.1) is 12.0 Å². The molecule has 1 aromatic rings. The fourth-order valence-electron chi connectivity index (χ4n) is 1.54. The van der Waals surface area contributed by atoms with Crippen molar-refractivity contribution >= 4 is 17.6 Å². The van der Waals surface area contributed by atoms with E-state index in [0.717, 1.165) is 12.2 Å². The number of hydrogen-bond acceptors (Lipinski definition) is 3. The van der Waals surface area contributed by atoms with Gasteiger partial charge in [-0.05, 0) is 44.5 Å². The SMILES string of the molecule is CCCOc1ccc(NC(=O)CC(C)(C)C(=O)O)cc1. The van der Waals surface area contributed by atoms with E-state index in [1.54, 1.807) is 24.3 Å². The number of nitrogens with one attached hydrogen (secondary N) is 1. The van der Waals surface area contributed by atoms with Crippen LogP contribution in [0, 0.1) is 5.41 Å². The molecule has 1 rings (SSSR count). The summed E-state index contributed by atoms with van der Waals surface area (Å²) in [5.74, 6) is -0.564. The van der Waals surface area contributed by atoms with Crippen LogP contribution in [0.2, 0.25) is 0 Å². The molecule has 110 valence electrons. The van der Waals surface area contributed by atoms with Crippen molar-refractivity contribution in [2.45, 2.75) is 33.6 Å². The molecule has 0 heterocycles. The molecule has 0 saturated heterocycles. The number of amides is 1. The first-order chi connectivity index (χ1) is 9.35. The van der Waals surface area contributed by atoms with Gasteiger partial charge in [-0.25, -0.2) is 0 Å². The zero-order chi connectivity index (χ0) is 15.2. The van der Waals surface area contributed by atoms with Gasteiger partial charge < -0.3 is 15.2 Å². The van der Waals surface area contributed by atoms with E-state index < -0.39 is 11.4 Å². The van der Waals surface area contributed by atoms with Crippen LogP contribution in [0.5, 0.6) is 5.75 Å². The van der Waals surface area contributed by atoms with E-state index in [0.29, 0.717) is 12.3 Å². The van der Waals surface area contributed by atoms with Crippen LogP contribution in [-0.4, -0.2) is 23.6 Å². The van der Waals surface area contributed by atoms with E-state index in [4.69, 9.17) is 9.84 Å². The Balaban J connectivity index is 2.56. The summed E-state index contributed by atoms with van der Waals surface area (Å²) in [6, 6.07) is 7.01. The standard InChI is InChI=1S/C15H21NO4/c1-4-9-20-12-7-5-11(6-8-12)16-13(17)10-15(2,3)14(18)19/h5-8H,4,9-10H2,1-3H3,(H,16,17)(H,18,19). The third kappa shape index (κ3) is 4.91. The topological polar surface area (TPSA) is 75.6 Å². The van der Waals surface area contributed by atoms with Gasteiger partial charge in [-0.1, -0.05) is 6.92 Å². The summed E-state index contributed by atoms with van der Waals surface area (Å²) in [4.78, 5) is 22.7. The second-order valence-electron chi connectivity index (χ2n) is 5.29. The Kier molecular flexibility index (Phi) is 5.55. The van der Waals surface area contributed by atoms with Crippen molar-refractivity contribution < 1.29 is 19.4 Å². The first kappa shape index (κ1) is 16.0. The third-order valence-electron chi connectivity index (χ3n) is 2.79. The lowest BCUT2D eigenvalue weighted by Gasteiger charge is -2.18. The number of anilines is 1. The first-order valence-electron chi connectivity index (χ1n) is 6.61. The van der Waals surface area contributed by atoms with Gasteiger partial charge in [0.25, 0.3) is 0 Å². The van der Waals surface area contributed by atoms with Crippen LogP contribution in [0.4, 0.5) is 5.69 Å². The molecule has 0 bridgehead atoms. The number of carboxylic acid groups (broad SMARTS) is 1. The molecule has 2 N–H and O–H groups in total. The Morgan fingerprint density at radius 3 is 2.35 bits per heavy atom. The predicted octanol–water partition coefficient (Wildman–Crippen LogP) is 2.91. The Morgan fingerprint density at radius 2 is 1.85 bits per heavy atom. The monoisotopic (exact) mass is 279 g/mol. The van der Waals surface area contributed by atoms with E-state index in [9.17, 15) is 9.59 Å². The number of rotatable bonds is 7. The fourth-order valence-corrected chi connectivity index (χ4v) is 1.54. The quantitative estimate of drug-likeness (QED) is 0.804. The van der Waals surface area contributed by atoms with Crippen molar-refractivity contribution in [3.05, 3.63) is 24.3 Å². The largest absolute Gasteiger partial charge is 0.494 e. The number of aliphatic carboxylic acids is 1. The summed E-state index contributed by atoms with van der Waals surface area (Å²) in [5.41, 5.74) is -0.450. The zero-order valence-corrected chi connectivity index (χ0v) is 12.1. The van der Waals surface area contributed by atoms with Crippen molar-refractivity contribution in [3.8, 4) is 5.75 Å². The van der Waals surface area contributed by atoms with Crippen molar-refractivity contribution in [1.82, 2.24) is 0 Å². The van der Waals surface area contributed by atoms with Crippen LogP contribution >= 0.6 is 0 Å². The lowest BCUT2D eigenvalue weighted by molar-refractivity contribution is -0.148. The summed E-state index contributed by atoms with van der Waals surface area (Å²) in [7, 11) is 0. The van der Waals surface area contributed by atoms with E-state index >= 15 is 0 Å². The Hall–Kier alpha value is -2.04. The summed E-state index contributed by atoms with van der Waals surface area (Å²) < 4.78 is 5.44. The molecular weight excluding hydrogens is 258 g/mol. The number of carbonyl (C=O) groups is 2. The highest BCUT2D eigenvalue weighted by atomic mass is 16.5. The number of carbonyl (C=O) groups excluding carboxylic acids is 1. The van der Waals surface area contributed by atoms with Gasteiger partial charge >= 0.3 is 5.97 Å². The molecule has 1 amide bonds. The van der Waals surface area contributed by atoms with Crippen LogP contribution in [-0.2, 0) is 9.59 Å². The van der Waals surface area contributed by atoms with Gasteiger partial charge in [-0.15, -0.1) is 0 Å². The normalized spacial score (nSPS) is 10.9. The predicted molar refractivity (Wildman–Crippen MR) is 76.9 cm³/mol. The first-order valence-corrected chi connectivity index (χ1v) is 6.61. The van der Waals surface area contributed by atoms with Crippen molar-refractivity contribution in [2.24, 2.45) is 5.41 Å². The lowest BCUT2D eigenvalue weighted by Crippen LogP contribution is -2.29. The Labute approximate surface area is 118 Å². The second-order valence-corrected chi connectivity index (χ2v) is 5.29. The molecule has 0 aliphatic heterocycles. The molecule has 0 unspecified atom stereocenters. The zero-order valence-electron chi connectivity index (χ0n) is 12.1. The van der Waals surface area contributed by atoms with E-state index in [1.807, 2.05) is 6.92 Å². The lowest BCUT2D eigenvalue weighted by atomic mass is 9.89. The fraction of sp³-hybridized carbons (Fsp3) is 0.467. The minimum Gasteiger partial charge on any atom is -0.494 e. The summed E-state index contributed by atoms with van der Waals surface area (Å²) >= 11 is 0. The third-order valence-corrected chi connectivity index (χ3v) is 2.79. The molecule has 0 radical (unpaired) electrons. The Bertz CT molecular complexity index is 465. The van der Waals surface area contributed by atoms with Gasteiger partial charge in [0.2, 0.25) is 5.91 Å². The van der Waals surface area contributed by atoms with Crippen LogP contribution in [0.3, 0.4) is 0 Å². The molecule has 0 atom stereocenters. The highest BCUT2D eigenvalue weighted by Gasteiger charge is 2.30. The summed E-state index contributed by atoms with van der Waals surface area (Å²) in [5, 5.41) is 11.7. The maximum Gasteiger partial charge on any atom is 0.309 e. The Morgan fingerprint density at radius 1 is 1.25 bits per heavy atom. The number of benzene rings is 1. The molecule has 0 saturated carbocycles. The number of carboxylic acids is 1. The average Bonchev–Trinajstić information content (AvgIpc) is 2.37. The van der Waals surface area contributed by atoms with Gasteiger partial charge in [-0.2, -0.15) is 0 Å². The molecule has 0 aromatic heterocycles. The van der Waals surface area contributed by atoms with Gasteiger partial charge in [0, 0.05) is 12.1 Å². The number of ether oxygens (including phenoxy) is 1. The van der Waals surface area contributed by atoms with Crippen molar-refractivity contribution in [1.29, 1.82) is 0 Å². The van der Waals surface area contributed by atoms with Crippen LogP contribution in [0.25, 0.3) is 0 Å². The number of hydrogen-bond donors (Lipinski definition) is 2. The maximum atomic E-state index is 11.8. The minimum atomic E-state index is -1.08. The average molecular weight is 279 g/mol. The molecular formula is C15H21NO4.